The third-order valence-corrected chi connectivity index (χ3v) is 5.85. The minimum absolute atomic E-state index is 0.0705. The molecule has 8 nitrogen and oxygen atoms in total. The van der Waals surface area contributed by atoms with Gasteiger partial charge in [0.1, 0.15) is 5.02 Å². The highest BCUT2D eigenvalue weighted by Crippen LogP contribution is 2.37. The first kappa shape index (κ1) is 17.3. The summed E-state index contributed by atoms with van der Waals surface area (Å²) in [6.07, 6.45) is 0. The van der Waals surface area contributed by atoms with Gasteiger partial charge in [-0.05, 0) is 31.2 Å². The van der Waals surface area contributed by atoms with Crippen molar-refractivity contribution >= 4 is 33.0 Å². The van der Waals surface area contributed by atoms with E-state index in [2.05, 4.69) is 0 Å². The monoisotopic (exact) mass is 384 g/mol. The zero-order valence-electron chi connectivity index (χ0n) is 13.0. The molecule has 10 heteroatoms. The second kappa shape index (κ2) is 6.41. The third-order valence-electron chi connectivity index (χ3n) is 3.63. The van der Waals surface area contributed by atoms with Crippen molar-refractivity contribution in [2.45, 2.75) is 11.8 Å². The fourth-order valence-electron chi connectivity index (χ4n) is 2.45. The van der Waals surface area contributed by atoms with Crippen molar-refractivity contribution in [3.8, 4) is 11.5 Å². The van der Waals surface area contributed by atoms with Gasteiger partial charge in [-0.15, -0.1) is 0 Å². The van der Waals surface area contributed by atoms with E-state index in [1.807, 2.05) is 0 Å². The molecule has 2 aromatic rings. The van der Waals surface area contributed by atoms with Crippen molar-refractivity contribution in [2.24, 2.45) is 0 Å². The Hall–Kier alpha value is -2.52. The normalized spacial score (nSPS) is 12.9. The van der Waals surface area contributed by atoms with Crippen LogP contribution in [-0.2, 0) is 10.0 Å². The van der Waals surface area contributed by atoms with E-state index in [-0.39, 0.29) is 23.3 Å². The van der Waals surface area contributed by atoms with Gasteiger partial charge in [-0.3, -0.25) is 14.4 Å². The summed E-state index contributed by atoms with van der Waals surface area (Å²) in [4.78, 5) is 10.1. The minimum atomic E-state index is -4.02. The van der Waals surface area contributed by atoms with Crippen LogP contribution in [0.2, 0.25) is 5.02 Å². The van der Waals surface area contributed by atoms with Crippen LogP contribution in [0.4, 0.5) is 11.4 Å². The fourth-order valence-corrected chi connectivity index (χ4v) is 4.12. The number of halogens is 1. The van der Waals surface area contributed by atoms with E-state index in [1.54, 1.807) is 25.1 Å². The Balaban J connectivity index is 2.05. The molecule has 0 radical (unpaired) electrons. The van der Waals surface area contributed by atoms with E-state index in [4.69, 9.17) is 21.1 Å². The first-order chi connectivity index (χ1) is 11.8. The highest BCUT2D eigenvalue weighted by Gasteiger charge is 2.28. The van der Waals surface area contributed by atoms with E-state index in [0.717, 1.165) is 10.4 Å². The number of rotatable bonds is 5. The number of sulfonamides is 1. The molecule has 2 aromatic carbocycles. The lowest BCUT2D eigenvalue weighted by Crippen LogP contribution is -2.30. The maximum atomic E-state index is 12.9. The van der Waals surface area contributed by atoms with Crippen LogP contribution in [0, 0.1) is 10.1 Å². The minimum Gasteiger partial charge on any atom is -0.454 e. The molecular formula is C15H13ClN2O6S. The molecule has 0 fully saturated rings. The van der Waals surface area contributed by atoms with Crippen LogP contribution in [0.25, 0.3) is 0 Å². The zero-order chi connectivity index (χ0) is 18.2. The summed E-state index contributed by atoms with van der Waals surface area (Å²) in [5, 5.41) is 10.9. The largest absolute Gasteiger partial charge is 0.454 e. The molecule has 0 N–H and O–H groups in total. The van der Waals surface area contributed by atoms with Gasteiger partial charge in [-0.25, -0.2) is 8.42 Å². The van der Waals surface area contributed by atoms with Crippen LogP contribution in [0.3, 0.4) is 0 Å². The summed E-state index contributed by atoms with van der Waals surface area (Å²) >= 11 is 5.76. The van der Waals surface area contributed by atoms with Gasteiger partial charge in [0, 0.05) is 18.7 Å². The molecule has 1 aliphatic rings. The maximum absolute atomic E-state index is 12.9. The Labute approximate surface area is 148 Å². The summed E-state index contributed by atoms with van der Waals surface area (Å²) < 4.78 is 37.5. The van der Waals surface area contributed by atoms with E-state index in [9.17, 15) is 18.5 Å². The molecule has 0 spiro atoms. The summed E-state index contributed by atoms with van der Waals surface area (Å²) in [5.41, 5.74) is -0.103. The molecular weight excluding hydrogens is 372 g/mol. The Morgan fingerprint density at radius 3 is 2.60 bits per heavy atom. The van der Waals surface area contributed by atoms with Gasteiger partial charge in [0.05, 0.1) is 15.5 Å². The smallest absolute Gasteiger partial charge is 0.289 e. The van der Waals surface area contributed by atoms with Crippen molar-refractivity contribution in [1.29, 1.82) is 0 Å². The average Bonchev–Trinajstić information content (AvgIpc) is 3.03. The van der Waals surface area contributed by atoms with Crippen molar-refractivity contribution in [3.05, 3.63) is 51.5 Å². The number of anilines is 1. The second-order valence-corrected chi connectivity index (χ2v) is 7.35. The molecule has 0 unspecified atom stereocenters. The fraction of sp³-hybridized carbons (Fsp3) is 0.200. The van der Waals surface area contributed by atoms with Crippen molar-refractivity contribution in [1.82, 2.24) is 0 Å². The topological polar surface area (TPSA) is 99.0 Å². The quantitative estimate of drug-likeness (QED) is 0.579. The van der Waals surface area contributed by atoms with Gasteiger partial charge in [0.15, 0.2) is 11.5 Å². The molecule has 0 saturated carbocycles. The van der Waals surface area contributed by atoms with Crippen LogP contribution in [0.1, 0.15) is 6.92 Å². The highest BCUT2D eigenvalue weighted by atomic mass is 35.5. The SMILES string of the molecule is CCN(c1ccc2c(c1)OCO2)S(=O)(=O)c1ccc(Cl)c([N+](=O)[O-])c1. The van der Waals surface area contributed by atoms with E-state index >= 15 is 0 Å². The molecule has 0 atom stereocenters. The number of fused-ring (bicyclic) bond motifs is 1. The van der Waals surface area contributed by atoms with E-state index in [0.29, 0.717) is 17.2 Å². The molecule has 3 rings (SSSR count). The average molecular weight is 385 g/mol. The number of nitrogens with zero attached hydrogens (tertiary/aromatic N) is 2. The lowest BCUT2D eigenvalue weighted by Gasteiger charge is -2.23. The van der Waals surface area contributed by atoms with Crippen LogP contribution < -0.4 is 13.8 Å². The van der Waals surface area contributed by atoms with Crippen molar-refractivity contribution in [3.63, 3.8) is 0 Å². The molecule has 25 heavy (non-hydrogen) atoms. The Kier molecular flexibility index (Phi) is 4.44. The van der Waals surface area contributed by atoms with Gasteiger partial charge < -0.3 is 9.47 Å². The summed E-state index contributed by atoms with van der Waals surface area (Å²) in [6, 6.07) is 8.13. The standard InChI is InChI=1S/C15H13ClN2O6S/c1-2-17(10-3-6-14-15(7-10)24-9-23-14)25(21,22)11-4-5-12(16)13(8-11)18(19)20/h3-8H,2,9H2,1H3. The molecule has 132 valence electrons. The molecule has 0 bridgehead atoms. The zero-order valence-corrected chi connectivity index (χ0v) is 14.6. The van der Waals surface area contributed by atoms with Crippen LogP contribution in [0.15, 0.2) is 41.3 Å². The molecule has 0 saturated heterocycles. The first-order valence-electron chi connectivity index (χ1n) is 7.21. The van der Waals surface area contributed by atoms with Crippen LogP contribution in [0.5, 0.6) is 11.5 Å². The third kappa shape index (κ3) is 3.08. The number of nitro benzene ring substituents is 1. The van der Waals surface area contributed by atoms with E-state index < -0.39 is 20.6 Å². The number of hydrogen-bond acceptors (Lipinski definition) is 6. The summed E-state index contributed by atoms with van der Waals surface area (Å²) in [5.74, 6) is 0.965. The molecule has 0 amide bonds. The van der Waals surface area contributed by atoms with Gasteiger partial charge in [0.2, 0.25) is 6.79 Å². The number of ether oxygens (including phenoxy) is 2. The molecule has 0 aromatic heterocycles. The van der Waals surface area contributed by atoms with Gasteiger partial charge in [-0.2, -0.15) is 0 Å². The van der Waals surface area contributed by atoms with Crippen LogP contribution in [-0.4, -0.2) is 26.7 Å². The molecule has 1 aliphatic heterocycles. The lowest BCUT2D eigenvalue weighted by atomic mass is 10.3. The highest BCUT2D eigenvalue weighted by molar-refractivity contribution is 7.92. The number of benzene rings is 2. The molecule has 1 heterocycles. The van der Waals surface area contributed by atoms with Crippen molar-refractivity contribution < 1.29 is 22.8 Å². The molecule has 0 aliphatic carbocycles. The summed E-state index contributed by atoms with van der Waals surface area (Å²) in [6.45, 7) is 1.85. The van der Waals surface area contributed by atoms with Crippen LogP contribution >= 0.6 is 11.6 Å². The lowest BCUT2D eigenvalue weighted by molar-refractivity contribution is -0.384. The Bertz CT molecular complexity index is 947. The van der Waals surface area contributed by atoms with E-state index in [1.165, 1.54) is 12.1 Å². The Morgan fingerprint density at radius 1 is 1.20 bits per heavy atom. The first-order valence-corrected chi connectivity index (χ1v) is 9.02. The maximum Gasteiger partial charge on any atom is 0.289 e. The second-order valence-electron chi connectivity index (χ2n) is 5.08. The predicted molar refractivity (Wildman–Crippen MR) is 90.9 cm³/mol. The number of hydrogen-bond donors (Lipinski definition) is 0. The van der Waals surface area contributed by atoms with Crippen molar-refractivity contribution in [2.75, 3.05) is 17.6 Å². The summed E-state index contributed by atoms with van der Waals surface area (Å²) in [7, 11) is -4.02. The number of nitro groups is 1. The van der Waals surface area contributed by atoms with Gasteiger partial charge in [0.25, 0.3) is 15.7 Å². The van der Waals surface area contributed by atoms with Gasteiger partial charge >= 0.3 is 0 Å². The predicted octanol–water partition coefficient (Wildman–Crippen LogP) is 3.19. The Morgan fingerprint density at radius 2 is 1.92 bits per heavy atom. The van der Waals surface area contributed by atoms with Gasteiger partial charge in [-0.1, -0.05) is 11.6 Å².